The third-order valence-electron chi connectivity index (χ3n) is 7.34. The topological polar surface area (TPSA) is 165 Å². The van der Waals surface area contributed by atoms with Crippen molar-refractivity contribution in [3.05, 3.63) is 64.6 Å². The molecule has 1 saturated carbocycles. The van der Waals surface area contributed by atoms with Crippen LogP contribution in [0.25, 0.3) is 0 Å². The van der Waals surface area contributed by atoms with Crippen LogP contribution in [0.2, 0.25) is 0 Å². The third-order valence-corrected chi connectivity index (χ3v) is 7.34. The Morgan fingerprint density at radius 1 is 1.00 bits per heavy atom. The van der Waals surface area contributed by atoms with E-state index in [4.69, 9.17) is 4.74 Å². The molecule has 0 radical (unpaired) electrons. The van der Waals surface area contributed by atoms with Gasteiger partial charge in [-0.05, 0) is 63.6 Å². The number of hydrogen-bond donors (Lipinski definition) is 4. The number of carbonyl (C=O) groups is 5. The van der Waals surface area contributed by atoms with E-state index in [1.54, 1.807) is 32.9 Å². The molecule has 2 aliphatic rings. The van der Waals surface area contributed by atoms with E-state index < -0.39 is 52.9 Å². The van der Waals surface area contributed by atoms with Crippen LogP contribution in [-0.2, 0) is 30.5 Å². The van der Waals surface area contributed by atoms with Crippen molar-refractivity contribution in [2.24, 2.45) is 11.8 Å². The number of nitrogens with zero attached hydrogens (tertiary/aromatic N) is 1. The van der Waals surface area contributed by atoms with Crippen LogP contribution in [0, 0.1) is 11.8 Å². The van der Waals surface area contributed by atoms with E-state index in [2.05, 4.69) is 21.3 Å². The smallest absolute Gasteiger partial charge is 0.412 e. The van der Waals surface area contributed by atoms with Crippen molar-refractivity contribution in [3.8, 4) is 0 Å². The maximum absolute atomic E-state index is 13.8. The maximum atomic E-state index is 13.8. The maximum Gasteiger partial charge on any atom is 0.412 e. The summed E-state index contributed by atoms with van der Waals surface area (Å²) in [4.78, 5) is 78.1. The SMILES string of the molecule is CC(C)(C)OC(=O)Nc1cccn([C@H](CC2CC2)C(=O)N[C@@H](C[C@@H]2CCNC2=O)C(=O)C(=O)NCc2ccccc2)c1=O. The molecular formula is C31H39N5O7. The first-order chi connectivity index (χ1) is 20.4. The van der Waals surface area contributed by atoms with Crippen LogP contribution in [0.5, 0.6) is 0 Å². The highest BCUT2D eigenvalue weighted by Gasteiger charge is 2.37. The summed E-state index contributed by atoms with van der Waals surface area (Å²) in [5, 5.41) is 10.4. The third kappa shape index (κ3) is 9.00. The number of benzene rings is 1. The van der Waals surface area contributed by atoms with Crippen LogP contribution in [-0.4, -0.2) is 52.4 Å². The van der Waals surface area contributed by atoms with Crippen molar-refractivity contribution in [2.45, 2.75) is 77.1 Å². The number of anilines is 1. The van der Waals surface area contributed by atoms with Crippen molar-refractivity contribution in [1.29, 1.82) is 0 Å². The van der Waals surface area contributed by atoms with Crippen LogP contribution in [0.15, 0.2) is 53.5 Å². The van der Waals surface area contributed by atoms with Gasteiger partial charge in [-0.15, -0.1) is 0 Å². The summed E-state index contributed by atoms with van der Waals surface area (Å²) in [7, 11) is 0. The zero-order valence-corrected chi connectivity index (χ0v) is 24.7. The molecule has 1 aliphatic carbocycles. The van der Waals surface area contributed by atoms with Gasteiger partial charge in [-0.3, -0.25) is 29.3 Å². The van der Waals surface area contributed by atoms with Crippen molar-refractivity contribution in [2.75, 3.05) is 11.9 Å². The minimum Gasteiger partial charge on any atom is -0.444 e. The first kappa shape index (κ1) is 31.5. The van der Waals surface area contributed by atoms with Gasteiger partial charge < -0.3 is 25.3 Å². The zero-order valence-electron chi connectivity index (χ0n) is 24.7. The Morgan fingerprint density at radius 2 is 1.72 bits per heavy atom. The molecule has 3 atom stereocenters. The van der Waals surface area contributed by atoms with Gasteiger partial charge in [0, 0.05) is 25.2 Å². The molecule has 12 heteroatoms. The van der Waals surface area contributed by atoms with Crippen molar-refractivity contribution in [1.82, 2.24) is 20.5 Å². The van der Waals surface area contributed by atoms with Crippen LogP contribution in [0.3, 0.4) is 0 Å². The molecule has 4 N–H and O–H groups in total. The average molecular weight is 594 g/mol. The van der Waals surface area contributed by atoms with Gasteiger partial charge in [0.05, 0.1) is 6.04 Å². The molecule has 230 valence electrons. The summed E-state index contributed by atoms with van der Waals surface area (Å²) in [6.07, 6.45) is 3.15. The number of amides is 4. The Kier molecular flexibility index (Phi) is 9.99. The normalized spacial score (nSPS) is 17.7. The molecule has 0 spiro atoms. The Balaban J connectivity index is 1.54. The number of rotatable bonds is 12. The number of carbonyl (C=O) groups excluding carboxylic acids is 5. The van der Waals surface area contributed by atoms with Gasteiger partial charge in [0.1, 0.15) is 17.3 Å². The van der Waals surface area contributed by atoms with Gasteiger partial charge >= 0.3 is 6.09 Å². The lowest BCUT2D eigenvalue weighted by atomic mass is 9.94. The minimum absolute atomic E-state index is 0.0551. The molecule has 4 amide bonds. The number of Topliss-reactive ketones (excluding diaryl/α,β-unsaturated/α-hetero) is 1. The highest BCUT2D eigenvalue weighted by Crippen LogP contribution is 2.37. The van der Waals surface area contributed by atoms with Gasteiger partial charge in [-0.25, -0.2) is 4.79 Å². The van der Waals surface area contributed by atoms with E-state index in [0.29, 0.717) is 19.4 Å². The highest BCUT2D eigenvalue weighted by atomic mass is 16.6. The number of nitrogens with one attached hydrogen (secondary N) is 4. The van der Waals surface area contributed by atoms with Gasteiger partial charge in [0.25, 0.3) is 11.5 Å². The van der Waals surface area contributed by atoms with Gasteiger partial charge in [0.15, 0.2) is 0 Å². The molecule has 1 aliphatic heterocycles. The largest absolute Gasteiger partial charge is 0.444 e. The second-order valence-electron chi connectivity index (χ2n) is 12.1. The molecule has 1 saturated heterocycles. The summed E-state index contributed by atoms with van der Waals surface area (Å²) in [6, 6.07) is 9.72. The van der Waals surface area contributed by atoms with Crippen molar-refractivity contribution >= 4 is 35.3 Å². The summed E-state index contributed by atoms with van der Waals surface area (Å²) in [6.45, 7) is 5.64. The Hall–Kier alpha value is -4.48. The second-order valence-corrected chi connectivity index (χ2v) is 12.1. The number of ether oxygens (including phenoxy) is 1. The van der Waals surface area contributed by atoms with Gasteiger partial charge in [-0.2, -0.15) is 0 Å². The second kappa shape index (κ2) is 13.7. The molecule has 1 aromatic carbocycles. The van der Waals surface area contributed by atoms with E-state index in [-0.39, 0.29) is 30.5 Å². The average Bonchev–Trinajstić information content (AvgIpc) is 3.69. The van der Waals surface area contributed by atoms with Crippen molar-refractivity contribution < 1.29 is 28.7 Å². The molecule has 2 aromatic rings. The number of ketones is 1. The van der Waals surface area contributed by atoms with Crippen LogP contribution in [0.1, 0.15) is 64.5 Å². The van der Waals surface area contributed by atoms with E-state index in [0.717, 1.165) is 18.4 Å². The zero-order chi connectivity index (χ0) is 31.1. The van der Waals surface area contributed by atoms with Gasteiger partial charge in [-0.1, -0.05) is 43.2 Å². The Bertz CT molecular complexity index is 1410. The molecule has 43 heavy (non-hydrogen) atoms. The molecular weight excluding hydrogens is 554 g/mol. The predicted molar refractivity (Wildman–Crippen MR) is 158 cm³/mol. The first-order valence-electron chi connectivity index (χ1n) is 14.6. The first-order valence-corrected chi connectivity index (χ1v) is 14.6. The Labute approximate surface area is 249 Å². The van der Waals surface area contributed by atoms with E-state index >= 15 is 0 Å². The fourth-order valence-corrected chi connectivity index (χ4v) is 4.96. The Morgan fingerprint density at radius 3 is 2.35 bits per heavy atom. The number of pyridine rings is 1. The van der Waals surface area contributed by atoms with Crippen LogP contribution in [0.4, 0.5) is 10.5 Å². The molecule has 2 heterocycles. The molecule has 0 bridgehead atoms. The lowest BCUT2D eigenvalue weighted by Gasteiger charge is -2.25. The monoisotopic (exact) mass is 593 g/mol. The van der Waals surface area contributed by atoms with E-state index in [9.17, 15) is 28.8 Å². The summed E-state index contributed by atoms with van der Waals surface area (Å²) < 4.78 is 6.48. The summed E-state index contributed by atoms with van der Waals surface area (Å²) in [5.41, 5.74) is -0.672. The number of aromatic nitrogens is 1. The van der Waals surface area contributed by atoms with Crippen LogP contribution < -0.4 is 26.8 Å². The number of hydrogen-bond acceptors (Lipinski definition) is 7. The molecule has 2 fully saturated rings. The highest BCUT2D eigenvalue weighted by molar-refractivity contribution is 6.38. The lowest BCUT2D eigenvalue weighted by molar-refractivity contribution is -0.141. The molecule has 4 rings (SSSR count). The lowest BCUT2D eigenvalue weighted by Crippen LogP contribution is -2.51. The van der Waals surface area contributed by atoms with E-state index in [1.807, 2.05) is 18.2 Å². The standard InChI is InChI=1S/C31H39N5O7/c1-31(2,3)43-30(42)35-22-10-7-15-36(29(22)41)24(16-19-11-12-19)27(39)34-23(17-21-13-14-32-26(21)38)25(37)28(40)33-18-20-8-5-4-6-9-20/h4-10,15,19,21,23-24H,11-14,16-18H2,1-3H3,(H,32,38)(H,33,40)(H,34,39)(H,35,42)/t21-,23-,24+/m0/s1. The molecule has 12 nitrogen and oxygen atoms in total. The quantitative estimate of drug-likeness (QED) is 0.275. The van der Waals surface area contributed by atoms with Gasteiger partial charge in [0.2, 0.25) is 17.6 Å². The van der Waals surface area contributed by atoms with Crippen molar-refractivity contribution in [3.63, 3.8) is 0 Å². The summed E-state index contributed by atoms with van der Waals surface area (Å²) >= 11 is 0. The molecule has 1 aromatic heterocycles. The van der Waals surface area contributed by atoms with E-state index in [1.165, 1.54) is 22.9 Å². The van der Waals surface area contributed by atoms with Crippen LogP contribution >= 0.6 is 0 Å². The molecule has 0 unspecified atom stereocenters. The minimum atomic E-state index is -1.28. The predicted octanol–water partition coefficient (Wildman–Crippen LogP) is 2.43. The fraction of sp³-hybridized carbons (Fsp3) is 0.484. The fourth-order valence-electron chi connectivity index (χ4n) is 4.96. The summed E-state index contributed by atoms with van der Waals surface area (Å²) in [5.74, 6) is -2.98.